The van der Waals surface area contributed by atoms with Crippen LogP contribution in [0.15, 0.2) is 152 Å². The van der Waals surface area contributed by atoms with Crippen molar-refractivity contribution in [1.82, 2.24) is 14.5 Å². The average molecular weight is 684 g/mol. The normalized spacial score (nSPS) is 12.3. The second kappa shape index (κ2) is 10.2. The predicted molar refractivity (Wildman–Crippen MR) is 220 cm³/mol. The molecule has 51 heavy (non-hydrogen) atoms. The Morgan fingerprint density at radius 1 is 0.412 bits per heavy atom. The molecule has 0 fully saturated rings. The molecule has 0 unspecified atom stereocenters. The minimum absolute atomic E-state index is 0.687. The summed E-state index contributed by atoms with van der Waals surface area (Å²) in [7, 11) is 0. The molecule has 12 rings (SSSR count). The molecule has 4 aromatic heterocycles. The number of aromatic nitrogens is 3. The Kier molecular flexibility index (Phi) is 5.53. The zero-order valence-corrected chi connectivity index (χ0v) is 28.7. The summed E-state index contributed by atoms with van der Waals surface area (Å²) in [6, 6.07) is 54.9. The van der Waals surface area contributed by atoms with E-state index in [1.54, 1.807) is 11.3 Å². The Morgan fingerprint density at radius 3 is 1.90 bits per heavy atom. The first-order valence-corrected chi connectivity index (χ1v) is 18.8. The van der Waals surface area contributed by atoms with Gasteiger partial charge in [-0.3, -0.25) is 4.57 Å². The summed E-state index contributed by atoms with van der Waals surface area (Å²) in [5.74, 6) is 0.687. The molecule has 0 bridgehead atoms. The van der Waals surface area contributed by atoms with Crippen molar-refractivity contribution in [2.75, 3.05) is 0 Å². The van der Waals surface area contributed by atoms with E-state index in [1.165, 1.54) is 68.0 Å². The second-order valence-corrected chi connectivity index (χ2v) is 15.4. The summed E-state index contributed by atoms with van der Waals surface area (Å²) in [6.07, 6.45) is 0. The molecule has 3 nitrogen and oxygen atoms in total. The Hall–Kier alpha value is -6.14. The number of nitrogens with zero attached hydrogens (tertiary/aromatic N) is 3. The molecule has 0 atom stereocenters. The number of para-hydroxylation sites is 1. The van der Waals surface area contributed by atoms with E-state index in [-0.39, 0.29) is 0 Å². The summed E-state index contributed by atoms with van der Waals surface area (Å²) in [5.41, 5.74) is 5.32. The topological polar surface area (TPSA) is 30.7 Å². The largest absolute Gasteiger partial charge is 0.277 e. The molecule has 8 aromatic carbocycles. The molecule has 0 aliphatic rings. The number of thiophene rings is 2. The third-order valence-corrected chi connectivity index (χ3v) is 13.0. The quantitative estimate of drug-likeness (QED) is 0.170. The monoisotopic (exact) mass is 683 g/mol. The van der Waals surface area contributed by atoms with E-state index in [0.717, 1.165) is 37.9 Å². The van der Waals surface area contributed by atoms with Crippen molar-refractivity contribution in [3.05, 3.63) is 152 Å². The van der Waals surface area contributed by atoms with Crippen LogP contribution in [-0.4, -0.2) is 14.5 Å². The lowest BCUT2D eigenvalue weighted by atomic mass is 9.95. The smallest absolute Gasteiger partial charge is 0.235 e. The highest BCUT2D eigenvalue weighted by Crippen LogP contribution is 2.48. The Balaban J connectivity index is 1.32. The number of benzene rings is 8. The molecular weight excluding hydrogens is 659 g/mol. The maximum atomic E-state index is 5.61. The molecule has 0 saturated heterocycles. The van der Waals surface area contributed by atoms with Gasteiger partial charge in [0.15, 0.2) is 0 Å². The van der Waals surface area contributed by atoms with E-state index in [0.29, 0.717) is 5.95 Å². The lowest BCUT2D eigenvalue weighted by molar-refractivity contribution is 1.02. The van der Waals surface area contributed by atoms with Gasteiger partial charge in [0.05, 0.1) is 26.9 Å². The molecule has 0 saturated carbocycles. The van der Waals surface area contributed by atoms with Crippen molar-refractivity contribution in [2.45, 2.75) is 0 Å². The standard InChI is InChI=1S/C46H25N3S2/c1-2-14-27-26(12-1)13-11-20-30(27)41-45-42(34-19-7-10-23-38(34)51-45)48-46(47-41)49-36-21-8-5-15-28(36)31-24-25-35-39(43(31)49)29-16-3-4-17-32(29)44-40(35)33-18-6-9-22-37(33)50-44/h1-25H. The molecule has 0 radical (unpaired) electrons. The van der Waals surface area contributed by atoms with Crippen molar-refractivity contribution in [3.63, 3.8) is 0 Å². The van der Waals surface area contributed by atoms with E-state index in [2.05, 4.69) is 156 Å². The van der Waals surface area contributed by atoms with Gasteiger partial charge in [-0.15, -0.1) is 22.7 Å². The number of rotatable bonds is 2. The van der Waals surface area contributed by atoms with Crippen LogP contribution in [0.2, 0.25) is 0 Å². The van der Waals surface area contributed by atoms with E-state index >= 15 is 0 Å². The lowest BCUT2D eigenvalue weighted by Gasteiger charge is -2.14. The van der Waals surface area contributed by atoms with Gasteiger partial charge in [-0.2, -0.15) is 0 Å². The van der Waals surface area contributed by atoms with Gasteiger partial charge >= 0.3 is 0 Å². The Labute approximate surface area is 299 Å². The fraction of sp³-hybridized carbons (Fsp3) is 0. The van der Waals surface area contributed by atoms with Gasteiger partial charge in [0.1, 0.15) is 0 Å². The maximum Gasteiger partial charge on any atom is 0.235 e. The van der Waals surface area contributed by atoms with Crippen molar-refractivity contribution < 1.29 is 0 Å². The van der Waals surface area contributed by atoms with Gasteiger partial charge in [0.25, 0.3) is 0 Å². The molecule has 236 valence electrons. The molecule has 0 aliphatic heterocycles. The summed E-state index contributed by atoms with van der Waals surface area (Å²) in [6.45, 7) is 0. The molecular formula is C46H25N3S2. The van der Waals surface area contributed by atoms with Crippen molar-refractivity contribution in [1.29, 1.82) is 0 Å². The van der Waals surface area contributed by atoms with Gasteiger partial charge in [-0.25, -0.2) is 9.97 Å². The molecule has 0 aliphatic carbocycles. The van der Waals surface area contributed by atoms with Crippen molar-refractivity contribution >= 4 is 117 Å². The Morgan fingerprint density at radius 2 is 1.04 bits per heavy atom. The maximum absolute atomic E-state index is 5.61. The number of hydrogen-bond acceptors (Lipinski definition) is 4. The van der Waals surface area contributed by atoms with Crippen LogP contribution >= 0.6 is 22.7 Å². The molecule has 0 spiro atoms. The Bertz CT molecular complexity index is 3430. The molecule has 5 heteroatoms. The molecule has 0 amide bonds. The lowest BCUT2D eigenvalue weighted by Crippen LogP contribution is -2.03. The summed E-state index contributed by atoms with van der Waals surface area (Å²) in [5, 5.41) is 13.6. The van der Waals surface area contributed by atoms with Gasteiger partial charge in [-0.05, 0) is 39.7 Å². The third-order valence-electron chi connectivity index (χ3n) is 10.6. The minimum Gasteiger partial charge on any atom is -0.277 e. The zero-order chi connectivity index (χ0) is 33.2. The van der Waals surface area contributed by atoms with Crippen molar-refractivity contribution in [2.24, 2.45) is 0 Å². The van der Waals surface area contributed by atoms with Crippen LogP contribution in [0.1, 0.15) is 0 Å². The van der Waals surface area contributed by atoms with Gasteiger partial charge in [0.2, 0.25) is 5.95 Å². The van der Waals surface area contributed by atoms with Gasteiger partial charge < -0.3 is 0 Å². The average Bonchev–Trinajstić information content (AvgIpc) is 3.87. The third kappa shape index (κ3) is 3.71. The van der Waals surface area contributed by atoms with Gasteiger partial charge in [-0.1, -0.05) is 133 Å². The van der Waals surface area contributed by atoms with Crippen LogP contribution in [0.4, 0.5) is 0 Å². The summed E-state index contributed by atoms with van der Waals surface area (Å²) < 4.78 is 7.32. The van der Waals surface area contributed by atoms with Crippen LogP contribution in [0, 0.1) is 0 Å². The fourth-order valence-corrected chi connectivity index (χ4v) is 10.8. The number of hydrogen-bond donors (Lipinski definition) is 0. The molecule has 4 heterocycles. The second-order valence-electron chi connectivity index (χ2n) is 13.3. The van der Waals surface area contributed by atoms with E-state index in [1.807, 2.05) is 11.3 Å². The van der Waals surface area contributed by atoms with E-state index in [4.69, 9.17) is 9.97 Å². The van der Waals surface area contributed by atoms with Gasteiger partial charge in [0, 0.05) is 57.4 Å². The zero-order valence-electron chi connectivity index (χ0n) is 27.1. The molecule has 12 aromatic rings. The highest BCUT2D eigenvalue weighted by molar-refractivity contribution is 7.27. The van der Waals surface area contributed by atoms with E-state index < -0.39 is 0 Å². The highest BCUT2D eigenvalue weighted by atomic mass is 32.1. The first kappa shape index (κ1) is 27.7. The van der Waals surface area contributed by atoms with E-state index in [9.17, 15) is 0 Å². The predicted octanol–water partition coefficient (Wildman–Crippen LogP) is 13.4. The van der Waals surface area contributed by atoms with Crippen LogP contribution in [0.25, 0.3) is 112 Å². The minimum atomic E-state index is 0.687. The first-order valence-electron chi connectivity index (χ1n) is 17.2. The summed E-state index contributed by atoms with van der Waals surface area (Å²) >= 11 is 3.67. The van der Waals surface area contributed by atoms with Crippen molar-refractivity contribution in [3.8, 4) is 17.2 Å². The summed E-state index contributed by atoms with van der Waals surface area (Å²) in [4.78, 5) is 11.1. The SMILES string of the molecule is c1ccc2c(-c3nc(-n4c5ccccc5c5ccc6c7c8ccccc8sc7c7ccccc7c6c54)nc4c3sc3ccccc34)cccc2c1. The van der Waals surface area contributed by atoms with Crippen LogP contribution < -0.4 is 0 Å². The highest BCUT2D eigenvalue weighted by Gasteiger charge is 2.24. The first-order chi connectivity index (χ1) is 25.3. The fourth-order valence-electron chi connectivity index (χ4n) is 8.44. The van der Waals surface area contributed by atoms with Crippen LogP contribution in [0.5, 0.6) is 0 Å². The van der Waals surface area contributed by atoms with Crippen LogP contribution in [-0.2, 0) is 0 Å². The van der Waals surface area contributed by atoms with Crippen LogP contribution in [0.3, 0.4) is 0 Å². The molecule has 0 N–H and O–H groups in total. The number of fused-ring (bicyclic) bond motifs is 16.